The Morgan fingerprint density at radius 2 is 1.83 bits per heavy atom. The zero-order valence-electron chi connectivity index (χ0n) is 12.7. The Labute approximate surface area is 147 Å². The average molecular weight is 371 g/mol. The monoisotopic (exact) mass is 371 g/mol. The van der Waals surface area contributed by atoms with Gasteiger partial charge in [0.2, 0.25) is 5.91 Å². The fraction of sp³-hybridized carbons (Fsp3) is 0.235. The van der Waals surface area contributed by atoms with E-state index in [9.17, 15) is 18.0 Å². The number of hydrogen-bond donors (Lipinski definition) is 1. The molecule has 2 nitrogen and oxygen atoms in total. The van der Waals surface area contributed by atoms with Crippen LogP contribution in [0.15, 0.2) is 47.4 Å². The van der Waals surface area contributed by atoms with Crippen molar-refractivity contribution in [3.05, 3.63) is 65.5 Å². The van der Waals surface area contributed by atoms with Crippen LogP contribution in [-0.2, 0) is 10.5 Å². The average Bonchev–Trinajstić information content (AvgIpc) is 2.55. The van der Waals surface area contributed by atoms with Gasteiger partial charge in [0.1, 0.15) is 17.5 Å². The Balaban J connectivity index is 1.62. The summed E-state index contributed by atoms with van der Waals surface area (Å²) in [4.78, 5) is 11.9. The van der Waals surface area contributed by atoms with Crippen LogP contribution < -0.4 is 5.32 Å². The molecule has 0 saturated heterocycles. The second-order valence-corrected chi connectivity index (χ2v) is 6.98. The van der Waals surface area contributed by atoms with Crippen molar-refractivity contribution in [1.29, 1.82) is 0 Å². The van der Waals surface area contributed by atoms with Crippen molar-refractivity contribution in [2.45, 2.75) is 10.6 Å². The number of hydrogen-bond acceptors (Lipinski definition) is 3. The topological polar surface area (TPSA) is 29.1 Å². The predicted octanol–water partition coefficient (Wildman–Crippen LogP) is 4.25. The molecule has 0 spiro atoms. The Morgan fingerprint density at radius 1 is 1.04 bits per heavy atom. The minimum atomic E-state index is -0.673. The maximum atomic E-state index is 13.4. The molecule has 2 aromatic carbocycles. The first kappa shape index (κ1) is 18.7. The van der Waals surface area contributed by atoms with Gasteiger partial charge in [0.05, 0.1) is 5.75 Å². The number of amides is 1. The summed E-state index contributed by atoms with van der Waals surface area (Å²) in [6.45, 7) is 0.449. The molecule has 2 aromatic rings. The van der Waals surface area contributed by atoms with E-state index in [1.807, 2.05) is 0 Å². The quantitative estimate of drug-likeness (QED) is 0.556. The summed E-state index contributed by atoms with van der Waals surface area (Å²) >= 11 is 2.53. The minimum Gasteiger partial charge on any atom is -0.355 e. The molecule has 0 radical (unpaired) electrons. The van der Waals surface area contributed by atoms with Gasteiger partial charge in [-0.1, -0.05) is 18.2 Å². The lowest BCUT2D eigenvalue weighted by molar-refractivity contribution is -0.118. The molecule has 1 N–H and O–H groups in total. The molecule has 1 amide bonds. The van der Waals surface area contributed by atoms with Gasteiger partial charge >= 0.3 is 0 Å². The maximum Gasteiger partial charge on any atom is 0.230 e. The van der Waals surface area contributed by atoms with Crippen LogP contribution in [0.2, 0.25) is 0 Å². The van der Waals surface area contributed by atoms with Crippen LogP contribution in [0.3, 0.4) is 0 Å². The highest BCUT2D eigenvalue weighted by atomic mass is 32.2. The molecule has 0 aliphatic carbocycles. The molecule has 0 atom stereocenters. The van der Waals surface area contributed by atoms with Crippen LogP contribution in [0.4, 0.5) is 13.2 Å². The van der Waals surface area contributed by atoms with Gasteiger partial charge in [0.15, 0.2) is 0 Å². The molecule has 0 bridgehead atoms. The van der Waals surface area contributed by atoms with E-state index in [4.69, 9.17) is 0 Å². The number of thioether (sulfide) groups is 2. The van der Waals surface area contributed by atoms with Crippen molar-refractivity contribution >= 4 is 29.4 Å². The summed E-state index contributed by atoms with van der Waals surface area (Å²) in [7, 11) is 0. The fourth-order valence-electron chi connectivity index (χ4n) is 1.85. The van der Waals surface area contributed by atoms with Crippen molar-refractivity contribution in [2.24, 2.45) is 0 Å². The highest BCUT2D eigenvalue weighted by Gasteiger charge is 2.08. The normalized spacial score (nSPS) is 10.6. The van der Waals surface area contributed by atoms with Crippen molar-refractivity contribution < 1.29 is 18.0 Å². The van der Waals surface area contributed by atoms with Gasteiger partial charge < -0.3 is 5.32 Å². The van der Waals surface area contributed by atoms with Gasteiger partial charge in [0.25, 0.3) is 0 Å². The molecular formula is C17H16F3NOS2. The van der Waals surface area contributed by atoms with Crippen molar-refractivity contribution in [1.82, 2.24) is 5.32 Å². The summed E-state index contributed by atoms with van der Waals surface area (Å²) in [5, 5.41) is 2.71. The number of halogens is 3. The third kappa shape index (κ3) is 6.13. The van der Waals surface area contributed by atoms with Gasteiger partial charge in [-0.25, -0.2) is 13.2 Å². The Hall–Kier alpha value is -1.60. The Bertz CT molecular complexity index is 697. The highest BCUT2D eigenvalue weighted by molar-refractivity contribution is 8.00. The summed E-state index contributed by atoms with van der Waals surface area (Å²) < 4.78 is 39.6. The van der Waals surface area contributed by atoms with E-state index >= 15 is 0 Å². The second-order valence-electron chi connectivity index (χ2n) is 4.86. The van der Waals surface area contributed by atoms with E-state index < -0.39 is 11.6 Å². The first-order chi connectivity index (χ1) is 11.6. The zero-order valence-corrected chi connectivity index (χ0v) is 14.4. The lowest BCUT2D eigenvalue weighted by Crippen LogP contribution is -2.27. The lowest BCUT2D eigenvalue weighted by atomic mass is 10.2. The van der Waals surface area contributed by atoms with Gasteiger partial charge in [-0.2, -0.15) is 11.8 Å². The minimum absolute atomic E-state index is 0.0561. The number of benzene rings is 2. The third-order valence-corrected chi connectivity index (χ3v) is 5.09. The summed E-state index contributed by atoms with van der Waals surface area (Å²) in [5.41, 5.74) is 0.635. The first-order valence-corrected chi connectivity index (χ1v) is 9.36. The Kier molecular flexibility index (Phi) is 7.52. The molecule has 0 saturated carbocycles. The molecule has 128 valence electrons. The van der Waals surface area contributed by atoms with Gasteiger partial charge in [-0.3, -0.25) is 4.79 Å². The van der Waals surface area contributed by atoms with E-state index in [1.165, 1.54) is 23.9 Å². The van der Waals surface area contributed by atoms with E-state index in [0.717, 1.165) is 23.9 Å². The largest absolute Gasteiger partial charge is 0.355 e. The molecule has 0 heterocycles. The SMILES string of the molecule is O=C(CSc1ccc(F)cc1F)NCCSCc1ccccc1F. The maximum absolute atomic E-state index is 13.4. The van der Waals surface area contributed by atoms with Crippen LogP contribution in [0.25, 0.3) is 0 Å². The van der Waals surface area contributed by atoms with Crippen LogP contribution in [0.5, 0.6) is 0 Å². The predicted molar refractivity (Wildman–Crippen MR) is 92.7 cm³/mol. The molecule has 0 aliphatic heterocycles. The molecule has 0 aromatic heterocycles. The van der Waals surface area contributed by atoms with E-state index in [1.54, 1.807) is 18.2 Å². The second kappa shape index (κ2) is 9.64. The van der Waals surface area contributed by atoms with Crippen LogP contribution in [0.1, 0.15) is 5.56 Å². The van der Waals surface area contributed by atoms with Gasteiger partial charge in [-0.15, -0.1) is 11.8 Å². The summed E-state index contributed by atoms with van der Waals surface area (Å²) in [6.07, 6.45) is 0. The molecule has 0 aliphatic rings. The van der Waals surface area contributed by atoms with E-state index in [2.05, 4.69) is 5.32 Å². The number of rotatable bonds is 8. The van der Waals surface area contributed by atoms with Crippen molar-refractivity contribution in [2.75, 3.05) is 18.1 Å². The Morgan fingerprint density at radius 3 is 2.58 bits per heavy atom. The first-order valence-electron chi connectivity index (χ1n) is 7.22. The number of carbonyl (C=O) groups is 1. The van der Waals surface area contributed by atoms with Gasteiger partial charge in [0, 0.05) is 29.0 Å². The van der Waals surface area contributed by atoms with Crippen LogP contribution in [-0.4, -0.2) is 24.0 Å². The van der Waals surface area contributed by atoms with E-state index in [0.29, 0.717) is 23.6 Å². The molecule has 24 heavy (non-hydrogen) atoms. The zero-order chi connectivity index (χ0) is 17.4. The highest BCUT2D eigenvalue weighted by Crippen LogP contribution is 2.22. The third-order valence-electron chi connectivity index (χ3n) is 3.04. The molecular weight excluding hydrogens is 355 g/mol. The molecule has 2 rings (SSSR count). The lowest BCUT2D eigenvalue weighted by Gasteiger charge is -2.06. The molecule has 0 unspecified atom stereocenters. The summed E-state index contributed by atoms with van der Waals surface area (Å²) in [5.74, 6) is -0.530. The van der Waals surface area contributed by atoms with E-state index in [-0.39, 0.29) is 22.4 Å². The standard InChI is InChI=1S/C17H16F3NOS2/c18-13-5-6-16(15(20)9-13)24-11-17(22)21-7-8-23-10-12-3-1-2-4-14(12)19/h1-6,9H,7-8,10-11H2,(H,21,22). The van der Waals surface area contributed by atoms with Crippen molar-refractivity contribution in [3.8, 4) is 0 Å². The van der Waals surface area contributed by atoms with Crippen molar-refractivity contribution in [3.63, 3.8) is 0 Å². The van der Waals surface area contributed by atoms with Crippen LogP contribution >= 0.6 is 23.5 Å². The van der Waals surface area contributed by atoms with Crippen LogP contribution in [0, 0.1) is 17.5 Å². The number of carbonyl (C=O) groups excluding carboxylic acids is 1. The fourth-order valence-corrected chi connectivity index (χ4v) is 3.44. The molecule has 7 heteroatoms. The summed E-state index contributed by atoms with van der Waals surface area (Å²) in [6, 6.07) is 9.84. The number of nitrogens with one attached hydrogen (secondary N) is 1. The smallest absolute Gasteiger partial charge is 0.230 e. The molecule has 0 fully saturated rings. The van der Waals surface area contributed by atoms with Gasteiger partial charge in [-0.05, 0) is 23.8 Å².